The first kappa shape index (κ1) is 17.6. The van der Waals surface area contributed by atoms with Crippen molar-refractivity contribution in [2.24, 2.45) is 0 Å². The molecule has 26 heavy (non-hydrogen) atoms. The highest BCUT2D eigenvalue weighted by Crippen LogP contribution is 2.23. The Morgan fingerprint density at radius 2 is 1.62 bits per heavy atom. The number of benzene rings is 2. The van der Waals surface area contributed by atoms with E-state index in [4.69, 9.17) is 0 Å². The lowest BCUT2D eigenvalue weighted by molar-refractivity contribution is 0.101. The minimum absolute atomic E-state index is 0.0322. The first-order valence-corrected chi connectivity index (χ1v) is 8.49. The molecule has 0 atom stereocenters. The fourth-order valence-corrected chi connectivity index (χ4v) is 2.67. The third kappa shape index (κ3) is 4.25. The van der Waals surface area contributed by atoms with Crippen LogP contribution in [0.1, 0.15) is 34.2 Å². The first-order chi connectivity index (χ1) is 12.4. The van der Waals surface area contributed by atoms with E-state index in [0.29, 0.717) is 17.2 Å². The van der Waals surface area contributed by atoms with Crippen LogP contribution in [0, 0.1) is 20.8 Å². The molecular formula is C21H22N4O. The Hall–Kier alpha value is -3.21. The lowest BCUT2D eigenvalue weighted by Crippen LogP contribution is -2.03. The molecule has 1 heterocycles. The van der Waals surface area contributed by atoms with E-state index < -0.39 is 0 Å². The Labute approximate surface area is 153 Å². The summed E-state index contributed by atoms with van der Waals surface area (Å²) in [5, 5.41) is 6.61. The summed E-state index contributed by atoms with van der Waals surface area (Å²) in [5.41, 5.74) is 4.83. The lowest BCUT2D eigenvalue weighted by Gasteiger charge is -2.13. The van der Waals surface area contributed by atoms with Crippen molar-refractivity contribution in [2.75, 3.05) is 10.6 Å². The number of anilines is 4. The van der Waals surface area contributed by atoms with Crippen LogP contribution in [0.25, 0.3) is 0 Å². The molecule has 0 fully saturated rings. The molecule has 2 N–H and O–H groups in total. The number of carbonyl (C=O) groups excluding carboxylic acids is 1. The number of aromatic nitrogens is 2. The topological polar surface area (TPSA) is 66.9 Å². The highest BCUT2D eigenvalue weighted by atomic mass is 16.1. The van der Waals surface area contributed by atoms with Crippen molar-refractivity contribution < 1.29 is 4.79 Å². The van der Waals surface area contributed by atoms with E-state index in [1.165, 1.54) is 5.56 Å². The van der Waals surface area contributed by atoms with Gasteiger partial charge in [0.05, 0.1) is 0 Å². The maximum Gasteiger partial charge on any atom is 0.159 e. The highest BCUT2D eigenvalue weighted by molar-refractivity contribution is 5.95. The van der Waals surface area contributed by atoms with E-state index in [1.54, 1.807) is 13.0 Å². The first-order valence-electron chi connectivity index (χ1n) is 8.49. The summed E-state index contributed by atoms with van der Waals surface area (Å²) in [6, 6.07) is 15.5. The molecule has 0 radical (unpaired) electrons. The molecule has 5 heteroatoms. The van der Waals surface area contributed by atoms with E-state index in [-0.39, 0.29) is 5.78 Å². The van der Waals surface area contributed by atoms with Crippen LogP contribution in [0.3, 0.4) is 0 Å². The van der Waals surface area contributed by atoms with Crippen LogP contribution in [0.5, 0.6) is 0 Å². The van der Waals surface area contributed by atoms with Gasteiger partial charge in [-0.3, -0.25) is 4.79 Å². The fraction of sp³-hybridized carbons (Fsp3) is 0.190. The summed E-state index contributed by atoms with van der Waals surface area (Å²) < 4.78 is 0. The average molecular weight is 346 g/mol. The van der Waals surface area contributed by atoms with Crippen LogP contribution >= 0.6 is 0 Å². The number of carbonyl (C=O) groups is 1. The Bertz CT molecular complexity index is 966. The molecule has 0 unspecified atom stereocenters. The molecule has 5 nitrogen and oxygen atoms in total. The molecule has 0 amide bonds. The Morgan fingerprint density at radius 3 is 2.35 bits per heavy atom. The maximum atomic E-state index is 11.6. The molecule has 0 aliphatic rings. The number of nitrogens with one attached hydrogen (secondary N) is 2. The smallest absolute Gasteiger partial charge is 0.159 e. The van der Waals surface area contributed by atoms with Gasteiger partial charge in [-0.1, -0.05) is 24.3 Å². The normalized spacial score (nSPS) is 10.5. The van der Waals surface area contributed by atoms with Crippen LogP contribution in [0.15, 0.2) is 48.5 Å². The van der Waals surface area contributed by atoms with Gasteiger partial charge in [-0.15, -0.1) is 0 Å². The summed E-state index contributed by atoms with van der Waals surface area (Å²) in [7, 11) is 0. The van der Waals surface area contributed by atoms with Gasteiger partial charge >= 0.3 is 0 Å². The van der Waals surface area contributed by atoms with Gasteiger partial charge in [0.25, 0.3) is 0 Å². The number of hydrogen-bond donors (Lipinski definition) is 2. The van der Waals surface area contributed by atoms with Gasteiger partial charge in [0.15, 0.2) is 5.78 Å². The Morgan fingerprint density at radius 1 is 0.885 bits per heavy atom. The van der Waals surface area contributed by atoms with Crippen LogP contribution in [-0.4, -0.2) is 15.8 Å². The van der Waals surface area contributed by atoms with E-state index in [2.05, 4.69) is 52.6 Å². The van der Waals surface area contributed by atoms with Crippen LogP contribution in [0.2, 0.25) is 0 Å². The molecule has 0 saturated carbocycles. The van der Waals surface area contributed by atoms with Crippen LogP contribution in [-0.2, 0) is 0 Å². The number of nitrogens with zero attached hydrogens (tertiary/aromatic N) is 2. The monoisotopic (exact) mass is 346 g/mol. The summed E-state index contributed by atoms with van der Waals surface area (Å²) in [6.45, 7) is 7.53. The van der Waals surface area contributed by atoms with Gasteiger partial charge in [0.1, 0.15) is 17.5 Å². The molecule has 0 saturated heterocycles. The maximum absolute atomic E-state index is 11.6. The molecule has 0 aliphatic carbocycles. The molecule has 3 aromatic rings. The van der Waals surface area contributed by atoms with Crippen molar-refractivity contribution in [3.63, 3.8) is 0 Å². The zero-order valence-electron chi connectivity index (χ0n) is 15.4. The largest absolute Gasteiger partial charge is 0.340 e. The number of Topliss-reactive ketones (excluding diaryl/α,β-unsaturated/α-hetero) is 1. The van der Waals surface area contributed by atoms with E-state index in [1.807, 2.05) is 31.2 Å². The van der Waals surface area contributed by atoms with E-state index >= 15 is 0 Å². The molecule has 0 spiro atoms. The van der Waals surface area contributed by atoms with Crippen molar-refractivity contribution in [1.29, 1.82) is 0 Å². The summed E-state index contributed by atoms with van der Waals surface area (Å²) in [5.74, 6) is 2.08. The summed E-state index contributed by atoms with van der Waals surface area (Å²) in [4.78, 5) is 20.5. The lowest BCUT2D eigenvalue weighted by atomic mass is 10.1. The number of aryl methyl sites for hydroxylation is 3. The second-order valence-electron chi connectivity index (χ2n) is 6.39. The van der Waals surface area contributed by atoms with E-state index in [0.717, 1.165) is 22.8 Å². The molecule has 132 valence electrons. The highest BCUT2D eigenvalue weighted by Gasteiger charge is 2.06. The standard InChI is InChI=1S/C21H22N4O/c1-13-8-9-14(2)19(10-13)25-21-12-20(22-16(4)23-21)24-18-7-5-6-17(11-18)15(3)26/h5-12H,1-4H3,(H2,22,23,24,25). The molecule has 0 aliphatic heterocycles. The van der Waals surface area contributed by atoms with Gasteiger partial charge in [-0.25, -0.2) is 9.97 Å². The minimum Gasteiger partial charge on any atom is -0.340 e. The molecule has 3 rings (SSSR count). The minimum atomic E-state index is 0.0322. The third-order valence-electron chi connectivity index (χ3n) is 4.04. The summed E-state index contributed by atoms with van der Waals surface area (Å²) in [6.07, 6.45) is 0. The second kappa shape index (κ2) is 7.35. The van der Waals surface area contributed by atoms with Crippen LogP contribution < -0.4 is 10.6 Å². The van der Waals surface area contributed by atoms with Gasteiger partial charge < -0.3 is 10.6 Å². The molecule has 1 aromatic heterocycles. The van der Waals surface area contributed by atoms with Crippen molar-refractivity contribution in [1.82, 2.24) is 9.97 Å². The van der Waals surface area contributed by atoms with Crippen molar-refractivity contribution in [3.8, 4) is 0 Å². The Kier molecular flexibility index (Phi) is 4.98. The molecule has 0 bridgehead atoms. The zero-order valence-corrected chi connectivity index (χ0v) is 15.4. The van der Waals surface area contributed by atoms with Crippen molar-refractivity contribution in [2.45, 2.75) is 27.7 Å². The second-order valence-corrected chi connectivity index (χ2v) is 6.39. The van der Waals surface area contributed by atoms with Gasteiger partial charge in [0.2, 0.25) is 0 Å². The number of hydrogen-bond acceptors (Lipinski definition) is 5. The Balaban J connectivity index is 1.87. The van der Waals surface area contributed by atoms with Gasteiger partial charge in [0, 0.05) is 23.0 Å². The summed E-state index contributed by atoms with van der Waals surface area (Å²) >= 11 is 0. The van der Waals surface area contributed by atoms with Gasteiger partial charge in [-0.2, -0.15) is 0 Å². The third-order valence-corrected chi connectivity index (χ3v) is 4.04. The van der Waals surface area contributed by atoms with Gasteiger partial charge in [-0.05, 0) is 57.0 Å². The molecule has 2 aromatic carbocycles. The number of rotatable bonds is 5. The van der Waals surface area contributed by atoms with Crippen molar-refractivity contribution in [3.05, 3.63) is 71.0 Å². The number of ketones is 1. The SMILES string of the molecule is CC(=O)c1cccc(Nc2cc(Nc3cc(C)ccc3C)nc(C)n2)c1. The van der Waals surface area contributed by atoms with Crippen molar-refractivity contribution >= 4 is 28.8 Å². The average Bonchev–Trinajstić information content (AvgIpc) is 2.58. The zero-order chi connectivity index (χ0) is 18.7. The van der Waals surface area contributed by atoms with Crippen LogP contribution in [0.4, 0.5) is 23.0 Å². The predicted octanol–water partition coefficient (Wildman–Crippen LogP) is 5.09. The molecular weight excluding hydrogens is 324 g/mol. The fourth-order valence-electron chi connectivity index (χ4n) is 2.67. The predicted molar refractivity (Wildman–Crippen MR) is 106 cm³/mol. The van der Waals surface area contributed by atoms with E-state index in [9.17, 15) is 4.79 Å². The quantitative estimate of drug-likeness (QED) is 0.630.